The van der Waals surface area contributed by atoms with Crippen LogP contribution in [0.25, 0.3) is 22.4 Å². The van der Waals surface area contributed by atoms with Gasteiger partial charge < -0.3 is 14.1 Å². The Bertz CT molecular complexity index is 1930. The summed E-state index contributed by atoms with van der Waals surface area (Å²) >= 11 is 0. The van der Waals surface area contributed by atoms with E-state index in [2.05, 4.69) is 20.2 Å². The molecule has 0 saturated heterocycles. The van der Waals surface area contributed by atoms with Crippen molar-refractivity contribution < 1.29 is 18.3 Å². The monoisotopic (exact) mass is 533 g/mol. The van der Waals surface area contributed by atoms with Crippen LogP contribution in [0, 0.1) is 5.82 Å². The lowest BCUT2D eigenvalue weighted by atomic mass is 9.95. The van der Waals surface area contributed by atoms with Crippen molar-refractivity contribution in [1.82, 2.24) is 25.1 Å². The van der Waals surface area contributed by atoms with Crippen molar-refractivity contribution in [3.63, 3.8) is 0 Å². The van der Waals surface area contributed by atoms with Gasteiger partial charge in [0.15, 0.2) is 5.58 Å². The number of carbonyl (C=O) groups is 1. The molecule has 0 aliphatic carbocycles. The molecule has 7 rings (SSSR count). The minimum absolute atomic E-state index is 0.124. The summed E-state index contributed by atoms with van der Waals surface area (Å²) in [6.07, 6.45) is 1.64. The van der Waals surface area contributed by atoms with Gasteiger partial charge in [0.2, 0.25) is 0 Å². The second-order valence-corrected chi connectivity index (χ2v) is 9.31. The number of aromatic amines is 2. The van der Waals surface area contributed by atoms with E-state index in [4.69, 9.17) is 9.15 Å². The fourth-order valence-corrected chi connectivity index (χ4v) is 5.13. The lowest BCUT2D eigenvalue weighted by Gasteiger charge is -2.26. The normalized spacial score (nSPS) is 14.6. The Morgan fingerprint density at radius 3 is 2.62 bits per heavy atom. The Hall–Kier alpha value is -5.51. The van der Waals surface area contributed by atoms with Crippen molar-refractivity contribution in [2.45, 2.75) is 12.6 Å². The topological polar surface area (TPSA) is 117 Å². The molecule has 3 aromatic carbocycles. The van der Waals surface area contributed by atoms with Gasteiger partial charge in [-0.15, -0.1) is 0 Å². The average molecular weight is 534 g/mol. The lowest BCUT2D eigenvalue weighted by Crippen LogP contribution is -2.30. The maximum atomic E-state index is 15.7. The predicted octanol–water partition coefficient (Wildman–Crippen LogP) is 5.58. The standard InChI is InChI=1S/C30H20FN5O4/c31-22-13-12-19(39-18-8-2-1-3-9-18)15-21(22)27-24-25(20-10-6-11-23-28(20)40-30(38)33-23)34-35-26(24)29(37)36(27)16-17-7-4-5-14-32-17/h1-15,27H,16H2,(H,33,38)(H,34,35). The van der Waals surface area contributed by atoms with Gasteiger partial charge in [0.25, 0.3) is 5.91 Å². The highest BCUT2D eigenvalue weighted by Crippen LogP contribution is 2.46. The van der Waals surface area contributed by atoms with Crippen molar-refractivity contribution in [3.8, 4) is 22.8 Å². The molecule has 1 amide bonds. The van der Waals surface area contributed by atoms with Crippen LogP contribution in [-0.2, 0) is 6.54 Å². The molecule has 40 heavy (non-hydrogen) atoms. The summed E-state index contributed by atoms with van der Waals surface area (Å²) in [6.45, 7) is 0.124. The molecule has 0 saturated carbocycles. The molecular weight excluding hydrogens is 513 g/mol. The molecule has 1 aliphatic rings. The van der Waals surface area contributed by atoms with E-state index < -0.39 is 17.6 Å². The highest BCUT2D eigenvalue weighted by Gasteiger charge is 2.44. The minimum atomic E-state index is -0.876. The third kappa shape index (κ3) is 3.93. The molecule has 0 spiro atoms. The van der Waals surface area contributed by atoms with Crippen LogP contribution in [0.2, 0.25) is 0 Å². The molecule has 1 atom stereocenters. The van der Waals surface area contributed by atoms with Crippen molar-refractivity contribution in [2.24, 2.45) is 0 Å². The number of nitrogens with one attached hydrogen (secondary N) is 2. The van der Waals surface area contributed by atoms with E-state index in [1.807, 2.05) is 24.3 Å². The van der Waals surface area contributed by atoms with E-state index in [0.717, 1.165) is 0 Å². The van der Waals surface area contributed by atoms with Crippen molar-refractivity contribution in [3.05, 3.63) is 130 Å². The number of benzene rings is 3. The first-order valence-corrected chi connectivity index (χ1v) is 12.5. The molecule has 1 unspecified atom stereocenters. The average Bonchev–Trinajstić information content (AvgIpc) is 3.64. The Kier molecular flexibility index (Phi) is 5.52. The smallest absolute Gasteiger partial charge is 0.417 e. The Morgan fingerprint density at radius 1 is 0.950 bits per heavy atom. The lowest BCUT2D eigenvalue weighted by molar-refractivity contribution is 0.0725. The number of amides is 1. The molecule has 9 nitrogen and oxygen atoms in total. The van der Waals surface area contributed by atoms with Crippen molar-refractivity contribution >= 4 is 17.0 Å². The number of hydrogen-bond acceptors (Lipinski definition) is 6. The van der Waals surface area contributed by atoms with E-state index >= 15 is 4.39 Å². The number of hydrogen-bond donors (Lipinski definition) is 2. The molecule has 0 radical (unpaired) electrons. The Morgan fingerprint density at radius 2 is 1.80 bits per heavy atom. The summed E-state index contributed by atoms with van der Waals surface area (Å²) in [6, 6.07) is 23.3. The molecule has 0 fully saturated rings. The first-order chi connectivity index (χ1) is 19.6. The Labute approximate surface area is 225 Å². The molecule has 2 N–H and O–H groups in total. The molecule has 0 bridgehead atoms. The number of halogens is 1. The number of fused-ring (bicyclic) bond motifs is 2. The second kappa shape index (κ2) is 9.35. The van der Waals surface area contributed by atoms with Gasteiger partial charge in [-0.2, -0.15) is 5.10 Å². The third-order valence-corrected chi connectivity index (χ3v) is 6.86. The van der Waals surface area contributed by atoms with E-state index in [1.165, 1.54) is 12.1 Å². The van der Waals surface area contributed by atoms with Gasteiger partial charge in [-0.1, -0.05) is 30.3 Å². The molecule has 6 aromatic rings. The number of ether oxygens (including phenoxy) is 1. The second-order valence-electron chi connectivity index (χ2n) is 9.31. The van der Waals surface area contributed by atoms with Crippen LogP contribution in [0.3, 0.4) is 0 Å². The highest BCUT2D eigenvalue weighted by molar-refractivity contribution is 6.01. The maximum Gasteiger partial charge on any atom is 0.417 e. The number of para-hydroxylation sites is 2. The van der Waals surface area contributed by atoms with Crippen molar-refractivity contribution in [2.75, 3.05) is 0 Å². The molecule has 4 heterocycles. The van der Waals surface area contributed by atoms with Crippen LogP contribution in [0.4, 0.5) is 4.39 Å². The SMILES string of the molecule is O=C1c2[nH]nc(-c3cccc4[nH]c(=O)oc34)c2C(c2cc(Oc3ccccc3)ccc2F)N1Cc1ccccn1. The predicted molar refractivity (Wildman–Crippen MR) is 143 cm³/mol. The quantitative estimate of drug-likeness (QED) is 0.289. The van der Waals surface area contributed by atoms with Crippen LogP contribution in [-0.4, -0.2) is 31.0 Å². The summed E-state index contributed by atoms with van der Waals surface area (Å²) in [5.41, 5.74) is 3.18. The summed E-state index contributed by atoms with van der Waals surface area (Å²) in [4.78, 5) is 34.3. The number of nitrogens with zero attached hydrogens (tertiary/aromatic N) is 3. The summed E-state index contributed by atoms with van der Waals surface area (Å²) in [5.74, 6) is -0.496. The van der Waals surface area contributed by atoms with Gasteiger partial charge in [0, 0.05) is 22.9 Å². The summed E-state index contributed by atoms with van der Waals surface area (Å²) < 4.78 is 27.1. The molecular formula is C30H20FN5O4. The van der Waals surface area contributed by atoms with Crippen LogP contribution in [0.5, 0.6) is 11.5 Å². The third-order valence-electron chi connectivity index (χ3n) is 6.86. The maximum absolute atomic E-state index is 15.7. The molecule has 10 heteroatoms. The summed E-state index contributed by atoms with van der Waals surface area (Å²) in [5, 5.41) is 7.29. The molecule has 1 aliphatic heterocycles. The van der Waals surface area contributed by atoms with Crippen LogP contribution in [0.15, 0.2) is 100 Å². The van der Waals surface area contributed by atoms with Gasteiger partial charge in [-0.25, -0.2) is 9.18 Å². The fourth-order valence-electron chi connectivity index (χ4n) is 5.13. The Balaban J connectivity index is 1.41. The first kappa shape index (κ1) is 23.6. The number of aromatic nitrogens is 4. The zero-order valence-electron chi connectivity index (χ0n) is 20.8. The zero-order chi connectivity index (χ0) is 27.2. The van der Waals surface area contributed by atoms with E-state index in [1.54, 1.807) is 59.6 Å². The summed E-state index contributed by atoms with van der Waals surface area (Å²) in [7, 11) is 0. The van der Waals surface area contributed by atoms with E-state index in [9.17, 15) is 9.59 Å². The largest absolute Gasteiger partial charge is 0.457 e. The number of H-pyrrole nitrogens is 2. The molecule has 3 aromatic heterocycles. The van der Waals surface area contributed by atoms with Crippen LogP contribution in [0.1, 0.15) is 33.4 Å². The van der Waals surface area contributed by atoms with Gasteiger partial charge in [-0.05, 0) is 54.6 Å². The number of oxazole rings is 1. The van der Waals surface area contributed by atoms with Gasteiger partial charge in [-0.3, -0.25) is 19.9 Å². The number of carbonyl (C=O) groups excluding carboxylic acids is 1. The van der Waals surface area contributed by atoms with E-state index in [0.29, 0.717) is 39.5 Å². The minimum Gasteiger partial charge on any atom is -0.457 e. The zero-order valence-corrected chi connectivity index (χ0v) is 20.8. The van der Waals surface area contributed by atoms with Gasteiger partial charge in [0.1, 0.15) is 28.7 Å². The first-order valence-electron chi connectivity index (χ1n) is 12.5. The number of rotatable bonds is 6. The van der Waals surface area contributed by atoms with Gasteiger partial charge in [0.05, 0.1) is 23.8 Å². The van der Waals surface area contributed by atoms with E-state index in [-0.39, 0.29) is 29.3 Å². The van der Waals surface area contributed by atoms with Crippen LogP contribution < -0.4 is 10.5 Å². The highest BCUT2D eigenvalue weighted by atomic mass is 19.1. The van der Waals surface area contributed by atoms with Gasteiger partial charge >= 0.3 is 5.76 Å². The van der Waals surface area contributed by atoms with Crippen LogP contribution >= 0.6 is 0 Å². The molecule has 196 valence electrons. The van der Waals surface area contributed by atoms with Crippen molar-refractivity contribution in [1.29, 1.82) is 0 Å². The fraction of sp³-hybridized carbons (Fsp3) is 0.0667. The number of pyridine rings is 1.